The summed E-state index contributed by atoms with van der Waals surface area (Å²) in [6.07, 6.45) is 5.22. The van der Waals surface area contributed by atoms with Crippen LogP contribution in [0, 0.1) is 13.8 Å². The number of aryl methyl sites for hydroxylation is 2. The Kier molecular flexibility index (Phi) is 7.51. The van der Waals surface area contributed by atoms with E-state index in [0.29, 0.717) is 6.54 Å². The van der Waals surface area contributed by atoms with Crippen LogP contribution in [0.25, 0.3) is 0 Å². The fourth-order valence-corrected chi connectivity index (χ4v) is 1.89. The van der Waals surface area contributed by atoms with Crippen molar-refractivity contribution >= 4 is 36.2 Å². The highest BCUT2D eigenvalue weighted by molar-refractivity contribution is 14.0. The lowest BCUT2D eigenvalue weighted by atomic mass is 10.0. The molecule has 5 nitrogen and oxygen atoms in total. The Morgan fingerprint density at radius 2 is 1.82 bits per heavy atom. The summed E-state index contributed by atoms with van der Waals surface area (Å²) >= 11 is 0. The van der Waals surface area contributed by atoms with E-state index in [1.54, 1.807) is 18.6 Å². The standard InChI is InChI=1S/C16H19N5.HI/c1-12-4-3-5-13(2)15(12)11-20-21-16(17)19-10-14-6-8-18-9-7-14;/h3-9,11H,10H2,1-2H3,(H3,17,19,21);1H. The van der Waals surface area contributed by atoms with Crippen LogP contribution in [0.3, 0.4) is 0 Å². The van der Waals surface area contributed by atoms with Crippen LogP contribution in [0.5, 0.6) is 0 Å². The van der Waals surface area contributed by atoms with Crippen molar-refractivity contribution in [3.8, 4) is 0 Å². The first-order chi connectivity index (χ1) is 10.2. The molecule has 0 bridgehead atoms. The van der Waals surface area contributed by atoms with Gasteiger partial charge in [-0.25, -0.2) is 10.4 Å². The number of aromatic nitrogens is 1. The SMILES string of the molecule is Cc1cccc(C)c1C=NNC(N)=NCc1ccncc1.I. The molecule has 0 aliphatic carbocycles. The van der Waals surface area contributed by atoms with Gasteiger partial charge in [0.15, 0.2) is 0 Å². The number of nitrogens with one attached hydrogen (secondary N) is 1. The van der Waals surface area contributed by atoms with E-state index in [1.165, 1.54) is 11.1 Å². The van der Waals surface area contributed by atoms with Gasteiger partial charge in [-0.3, -0.25) is 4.98 Å². The molecule has 0 atom stereocenters. The van der Waals surface area contributed by atoms with E-state index in [0.717, 1.165) is 11.1 Å². The predicted octanol–water partition coefficient (Wildman–Crippen LogP) is 2.75. The number of pyridine rings is 1. The number of hydrogen-bond acceptors (Lipinski definition) is 3. The zero-order chi connectivity index (χ0) is 15.1. The second kappa shape index (κ2) is 9.14. The van der Waals surface area contributed by atoms with Crippen LogP contribution in [-0.4, -0.2) is 17.2 Å². The Labute approximate surface area is 147 Å². The number of nitrogens with zero attached hydrogens (tertiary/aromatic N) is 3. The quantitative estimate of drug-likeness (QED) is 0.353. The maximum absolute atomic E-state index is 5.77. The van der Waals surface area contributed by atoms with Crippen LogP contribution in [0.2, 0.25) is 0 Å². The van der Waals surface area contributed by atoms with E-state index >= 15 is 0 Å². The molecular weight excluding hydrogens is 389 g/mol. The van der Waals surface area contributed by atoms with Crippen molar-refractivity contribution < 1.29 is 0 Å². The molecule has 0 saturated carbocycles. The molecule has 1 aromatic heterocycles. The normalized spacial score (nSPS) is 11.3. The highest BCUT2D eigenvalue weighted by atomic mass is 127. The van der Waals surface area contributed by atoms with Crippen LogP contribution in [-0.2, 0) is 6.54 Å². The summed E-state index contributed by atoms with van der Waals surface area (Å²) in [6.45, 7) is 4.60. The van der Waals surface area contributed by atoms with Gasteiger partial charge in [0.05, 0.1) is 12.8 Å². The number of rotatable bonds is 4. The molecule has 0 unspecified atom stereocenters. The summed E-state index contributed by atoms with van der Waals surface area (Å²) in [6, 6.07) is 9.93. The van der Waals surface area contributed by atoms with E-state index in [2.05, 4.69) is 46.5 Å². The minimum atomic E-state index is 0. The molecule has 0 radical (unpaired) electrons. The number of hydrogen-bond donors (Lipinski definition) is 2. The molecule has 0 aliphatic rings. The molecule has 6 heteroatoms. The molecule has 0 saturated heterocycles. The first kappa shape index (κ1) is 18.1. The fourth-order valence-electron chi connectivity index (χ4n) is 1.89. The lowest BCUT2D eigenvalue weighted by molar-refractivity contribution is 0.960. The van der Waals surface area contributed by atoms with Gasteiger partial charge >= 0.3 is 0 Å². The van der Waals surface area contributed by atoms with E-state index in [-0.39, 0.29) is 29.9 Å². The van der Waals surface area contributed by atoms with E-state index in [4.69, 9.17) is 5.73 Å². The number of benzene rings is 1. The summed E-state index contributed by atoms with van der Waals surface area (Å²) in [5.41, 5.74) is 13.0. The fraction of sp³-hybridized carbons (Fsp3) is 0.188. The van der Waals surface area contributed by atoms with Crippen molar-refractivity contribution in [2.45, 2.75) is 20.4 Å². The third kappa shape index (κ3) is 5.44. The molecule has 3 N–H and O–H groups in total. The predicted molar refractivity (Wildman–Crippen MR) is 102 cm³/mol. The molecule has 116 valence electrons. The summed E-state index contributed by atoms with van der Waals surface area (Å²) in [4.78, 5) is 8.17. The molecule has 0 fully saturated rings. The maximum atomic E-state index is 5.77. The van der Waals surface area contributed by atoms with Gasteiger partial charge in [0, 0.05) is 18.0 Å². The number of nitrogens with two attached hydrogens (primary N) is 1. The summed E-state index contributed by atoms with van der Waals surface area (Å²) < 4.78 is 0. The monoisotopic (exact) mass is 409 g/mol. The van der Waals surface area contributed by atoms with Crippen molar-refractivity contribution in [1.29, 1.82) is 0 Å². The molecule has 1 heterocycles. The van der Waals surface area contributed by atoms with Gasteiger partial charge in [-0.2, -0.15) is 5.10 Å². The van der Waals surface area contributed by atoms with Crippen molar-refractivity contribution in [2.24, 2.45) is 15.8 Å². The molecule has 0 spiro atoms. The van der Waals surface area contributed by atoms with Gasteiger partial charge < -0.3 is 5.73 Å². The summed E-state index contributed by atoms with van der Waals surface area (Å²) in [5, 5.41) is 4.13. The van der Waals surface area contributed by atoms with Crippen LogP contribution < -0.4 is 11.2 Å². The van der Waals surface area contributed by atoms with Gasteiger partial charge in [0.25, 0.3) is 0 Å². The summed E-state index contributed by atoms with van der Waals surface area (Å²) in [5.74, 6) is 0.286. The van der Waals surface area contributed by atoms with Crippen LogP contribution in [0.15, 0.2) is 52.8 Å². The second-order valence-electron chi connectivity index (χ2n) is 4.73. The molecule has 2 aromatic rings. The van der Waals surface area contributed by atoms with Gasteiger partial charge in [0.2, 0.25) is 5.96 Å². The van der Waals surface area contributed by atoms with Crippen LogP contribution >= 0.6 is 24.0 Å². The highest BCUT2D eigenvalue weighted by Crippen LogP contribution is 2.10. The van der Waals surface area contributed by atoms with Crippen molar-refractivity contribution in [3.05, 3.63) is 65.0 Å². The molecule has 2 rings (SSSR count). The average Bonchev–Trinajstić information content (AvgIpc) is 2.49. The Morgan fingerprint density at radius 3 is 2.45 bits per heavy atom. The van der Waals surface area contributed by atoms with Crippen LogP contribution in [0.1, 0.15) is 22.3 Å². The zero-order valence-corrected chi connectivity index (χ0v) is 15.0. The number of hydrazone groups is 1. The Balaban J connectivity index is 0.00000242. The Hall–Kier alpha value is -1.96. The maximum Gasteiger partial charge on any atom is 0.209 e. The Morgan fingerprint density at radius 1 is 1.18 bits per heavy atom. The van der Waals surface area contributed by atoms with Gasteiger partial charge in [-0.1, -0.05) is 18.2 Å². The first-order valence-electron chi connectivity index (χ1n) is 6.71. The lowest BCUT2D eigenvalue weighted by Gasteiger charge is -2.04. The van der Waals surface area contributed by atoms with E-state index in [1.807, 2.05) is 18.2 Å². The smallest absolute Gasteiger partial charge is 0.209 e. The third-order valence-electron chi connectivity index (χ3n) is 3.10. The molecule has 0 aliphatic heterocycles. The van der Waals surface area contributed by atoms with Gasteiger partial charge in [-0.15, -0.1) is 24.0 Å². The summed E-state index contributed by atoms with van der Waals surface area (Å²) in [7, 11) is 0. The molecule has 1 aromatic carbocycles. The minimum Gasteiger partial charge on any atom is -0.369 e. The number of halogens is 1. The van der Waals surface area contributed by atoms with Gasteiger partial charge in [-0.05, 0) is 42.7 Å². The van der Waals surface area contributed by atoms with Gasteiger partial charge in [0.1, 0.15) is 0 Å². The second-order valence-corrected chi connectivity index (χ2v) is 4.73. The lowest BCUT2D eigenvalue weighted by Crippen LogP contribution is -2.27. The molecular formula is C16H20IN5. The topological polar surface area (TPSA) is 75.7 Å². The molecule has 0 amide bonds. The zero-order valence-electron chi connectivity index (χ0n) is 12.7. The van der Waals surface area contributed by atoms with E-state index < -0.39 is 0 Å². The number of guanidine groups is 1. The van der Waals surface area contributed by atoms with Crippen molar-refractivity contribution in [3.63, 3.8) is 0 Å². The molecule has 22 heavy (non-hydrogen) atoms. The minimum absolute atomic E-state index is 0. The van der Waals surface area contributed by atoms with Crippen LogP contribution in [0.4, 0.5) is 0 Å². The van der Waals surface area contributed by atoms with Crippen molar-refractivity contribution in [1.82, 2.24) is 10.4 Å². The van der Waals surface area contributed by atoms with Crippen molar-refractivity contribution in [2.75, 3.05) is 0 Å². The first-order valence-corrected chi connectivity index (χ1v) is 6.71. The van der Waals surface area contributed by atoms with E-state index in [9.17, 15) is 0 Å². The third-order valence-corrected chi connectivity index (χ3v) is 3.10. The average molecular weight is 409 g/mol. The number of aliphatic imine (C=N–C) groups is 1. The highest BCUT2D eigenvalue weighted by Gasteiger charge is 1.98. The Bertz CT molecular complexity index is 633. The largest absolute Gasteiger partial charge is 0.369 e.